The van der Waals surface area contributed by atoms with Crippen molar-refractivity contribution in [3.63, 3.8) is 0 Å². The van der Waals surface area contributed by atoms with Gasteiger partial charge >= 0.3 is 5.97 Å². The fourth-order valence-electron chi connectivity index (χ4n) is 4.68. The minimum atomic E-state index is -0.573. The monoisotopic (exact) mass is 576 g/mol. The van der Waals surface area contributed by atoms with Gasteiger partial charge in [0.2, 0.25) is 0 Å². The molecule has 2 aliphatic rings. The lowest BCUT2D eigenvalue weighted by atomic mass is 9.91. The summed E-state index contributed by atoms with van der Waals surface area (Å²) in [5.74, 6) is 0.0234. The van der Waals surface area contributed by atoms with Crippen LogP contribution in [0.3, 0.4) is 0 Å². The van der Waals surface area contributed by atoms with Crippen molar-refractivity contribution in [3.05, 3.63) is 110 Å². The van der Waals surface area contributed by atoms with Gasteiger partial charge in [-0.2, -0.15) is 0 Å². The van der Waals surface area contributed by atoms with Gasteiger partial charge in [-0.15, -0.1) is 0 Å². The summed E-state index contributed by atoms with van der Waals surface area (Å²) in [5.41, 5.74) is 3.16. The lowest BCUT2D eigenvalue weighted by Gasteiger charge is -2.41. The van der Waals surface area contributed by atoms with E-state index in [9.17, 15) is 19.7 Å². The molecule has 3 aromatic carbocycles. The highest BCUT2D eigenvalue weighted by molar-refractivity contribution is 8.13. The average Bonchev–Trinajstić information content (AvgIpc) is 2.97. The van der Waals surface area contributed by atoms with E-state index in [-0.39, 0.29) is 22.9 Å². The number of rotatable bonds is 7. The fourth-order valence-corrected chi connectivity index (χ4v) is 5.92. The molecule has 0 aliphatic carbocycles. The largest absolute Gasteiger partial charge is 0.463 e. The molecule has 2 heterocycles. The Kier molecular flexibility index (Phi) is 8.18. The summed E-state index contributed by atoms with van der Waals surface area (Å²) in [4.78, 5) is 43.7. The number of hydrogen-bond donors (Lipinski definition) is 1. The fraction of sp³-hybridized carbons (Fsp3) is 0.207. The van der Waals surface area contributed by atoms with Crippen LogP contribution in [0.2, 0.25) is 5.02 Å². The second-order valence-corrected chi connectivity index (χ2v) is 10.5. The second-order valence-electron chi connectivity index (χ2n) is 9.04. The number of carbonyl (C=O) groups excluding carboxylic acids is 2. The van der Waals surface area contributed by atoms with Gasteiger partial charge in [0.05, 0.1) is 39.4 Å². The van der Waals surface area contributed by atoms with Gasteiger partial charge in [0.15, 0.2) is 5.17 Å². The number of hydrogen-bond acceptors (Lipinski definition) is 8. The molecule has 1 atom stereocenters. The zero-order valence-corrected chi connectivity index (χ0v) is 23.1. The highest BCUT2D eigenvalue weighted by Gasteiger charge is 2.39. The first-order valence-corrected chi connectivity index (χ1v) is 14.0. The number of nitrogens with zero attached hydrogens (tertiary/aromatic N) is 3. The molecule has 1 saturated heterocycles. The summed E-state index contributed by atoms with van der Waals surface area (Å²) in [6, 6.07) is 20.1. The molecule has 3 aromatic rings. The number of fused-ring (bicyclic) bond motifs is 1. The molecule has 5 rings (SSSR count). The Bertz CT molecular complexity index is 1530. The van der Waals surface area contributed by atoms with Crippen molar-refractivity contribution in [2.24, 2.45) is 4.99 Å². The number of ether oxygens (including phenoxy) is 1. The van der Waals surface area contributed by atoms with Gasteiger partial charge in [-0.25, -0.2) is 9.79 Å². The molecule has 0 aromatic heterocycles. The number of nitro benzene ring substituents is 1. The number of aliphatic imine (C=N–C) groups is 1. The van der Waals surface area contributed by atoms with Crippen LogP contribution < -0.4 is 5.32 Å². The summed E-state index contributed by atoms with van der Waals surface area (Å²) in [7, 11) is 0. The number of benzene rings is 3. The number of halogens is 1. The van der Waals surface area contributed by atoms with E-state index in [0.29, 0.717) is 17.0 Å². The third kappa shape index (κ3) is 5.59. The summed E-state index contributed by atoms with van der Waals surface area (Å²) in [6.07, 6.45) is 0.946. The summed E-state index contributed by atoms with van der Waals surface area (Å²) in [5, 5.41) is 14.6. The van der Waals surface area contributed by atoms with Crippen LogP contribution in [0.15, 0.2) is 83.4 Å². The van der Waals surface area contributed by atoms with E-state index < -0.39 is 22.8 Å². The predicted molar refractivity (Wildman–Crippen MR) is 156 cm³/mol. The highest BCUT2D eigenvalue weighted by atomic mass is 35.5. The van der Waals surface area contributed by atoms with E-state index >= 15 is 0 Å². The Hall–Kier alpha value is -4.15. The normalized spacial score (nSPS) is 16.6. The zero-order chi connectivity index (χ0) is 28.2. The second kappa shape index (κ2) is 11.9. The first-order valence-electron chi connectivity index (χ1n) is 12.7. The molecule has 2 aliphatic heterocycles. The van der Waals surface area contributed by atoms with Crippen LogP contribution in [0, 0.1) is 10.1 Å². The van der Waals surface area contributed by atoms with Crippen LogP contribution in [0.4, 0.5) is 11.4 Å². The van der Waals surface area contributed by atoms with Crippen molar-refractivity contribution < 1.29 is 19.2 Å². The van der Waals surface area contributed by atoms with E-state index in [1.54, 1.807) is 30.8 Å². The van der Waals surface area contributed by atoms with Gasteiger partial charge < -0.3 is 15.0 Å². The number of amidine groups is 1. The van der Waals surface area contributed by atoms with Crippen LogP contribution >= 0.6 is 23.4 Å². The molecule has 204 valence electrons. The third-order valence-electron chi connectivity index (χ3n) is 6.50. The zero-order valence-electron chi connectivity index (χ0n) is 21.5. The van der Waals surface area contributed by atoms with Crippen molar-refractivity contribution in [1.29, 1.82) is 0 Å². The Labute approximate surface area is 240 Å². The van der Waals surface area contributed by atoms with Gasteiger partial charge in [0.25, 0.3) is 11.6 Å². The maximum Gasteiger partial charge on any atom is 0.338 e. The van der Waals surface area contributed by atoms with Crippen LogP contribution in [0.1, 0.15) is 40.9 Å². The Morgan fingerprint density at radius 1 is 1.15 bits per heavy atom. The minimum Gasteiger partial charge on any atom is -0.463 e. The van der Waals surface area contributed by atoms with Gasteiger partial charge in [0.1, 0.15) is 0 Å². The first kappa shape index (κ1) is 27.4. The maximum absolute atomic E-state index is 13.4. The molecule has 1 amide bonds. The number of non-ortho nitro benzene ring substituents is 1. The number of esters is 1. The summed E-state index contributed by atoms with van der Waals surface area (Å²) in [6.45, 7) is 2.75. The Balaban J connectivity index is 1.49. The van der Waals surface area contributed by atoms with Gasteiger partial charge in [0, 0.05) is 35.7 Å². The van der Waals surface area contributed by atoms with E-state index in [4.69, 9.17) is 21.3 Å². The molecular formula is C29H25ClN4O5S. The van der Waals surface area contributed by atoms with E-state index in [0.717, 1.165) is 41.1 Å². The van der Waals surface area contributed by atoms with E-state index in [1.165, 1.54) is 12.1 Å². The number of thioether (sulfide) groups is 1. The number of carbonyl (C=O) groups is 2. The Morgan fingerprint density at radius 3 is 2.58 bits per heavy atom. The van der Waals surface area contributed by atoms with Gasteiger partial charge in [-0.3, -0.25) is 14.9 Å². The molecule has 1 N–H and O–H groups in total. The first-order chi connectivity index (χ1) is 19.4. The molecular weight excluding hydrogens is 552 g/mol. The molecule has 0 unspecified atom stereocenters. The van der Waals surface area contributed by atoms with Crippen molar-refractivity contribution in [2.75, 3.05) is 24.2 Å². The third-order valence-corrected chi connectivity index (χ3v) is 7.89. The number of nitrogens with one attached hydrogen (secondary N) is 1. The molecule has 11 heteroatoms. The molecule has 0 spiro atoms. The van der Waals surface area contributed by atoms with Crippen LogP contribution in [-0.4, -0.2) is 45.8 Å². The molecule has 0 bridgehead atoms. The molecule has 9 nitrogen and oxygen atoms in total. The lowest BCUT2D eigenvalue weighted by Crippen LogP contribution is -2.42. The average molecular weight is 577 g/mol. The predicted octanol–water partition coefficient (Wildman–Crippen LogP) is 6.32. The number of amides is 1. The van der Waals surface area contributed by atoms with Gasteiger partial charge in [-0.1, -0.05) is 65.8 Å². The minimum absolute atomic E-state index is 0.0161. The Morgan fingerprint density at radius 2 is 1.90 bits per heavy atom. The molecule has 0 radical (unpaired) electrons. The summed E-state index contributed by atoms with van der Waals surface area (Å²) >= 11 is 7.79. The lowest BCUT2D eigenvalue weighted by molar-refractivity contribution is -0.384. The van der Waals surface area contributed by atoms with Crippen LogP contribution in [0.5, 0.6) is 0 Å². The van der Waals surface area contributed by atoms with Crippen molar-refractivity contribution in [3.8, 4) is 0 Å². The summed E-state index contributed by atoms with van der Waals surface area (Å²) < 4.78 is 5.51. The van der Waals surface area contributed by atoms with E-state index in [1.807, 2.05) is 42.5 Å². The number of nitro groups is 1. The topological polar surface area (TPSA) is 114 Å². The maximum atomic E-state index is 13.4. The molecule has 40 heavy (non-hydrogen) atoms. The highest BCUT2D eigenvalue weighted by Crippen LogP contribution is 2.43. The quantitative estimate of drug-likeness (QED) is 0.199. The van der Waals surface area contributed by atoms with Crippen LogP contribution in [-0.2, 0) is 9.53 Å². The van der Waals surface area contributed by atoms with E-state index in [2.05, 4.69) is 10.2 Å². The van der Waals surface area contributed by atoms with Crippen molar-refractivity contribution in [1.82, 2.24) is 4.90 Å². The smallest absolute Gasteiger partial charge is 0.338 e. The molecule has 1 fully saturated rings. The van der Waals surface area contributed by atoms with Gasteiger partial charge in [-0.05, 0) is 37.1 Å². The standard InChI is InChI=1S/C29H25ClN4O5S/c1-2-39-28(36)24-25(18-7-4-3-5-8-18)32-29-33(15-6-16-40-29)26(24)19-9-11-20(12-10-19)31-27(35)22-14-13-21(34(37)38)17-23(22)30/h3-5,7-14,17,26H,2,6,15-16H2,1H3,(H,31,35)/t26-/m0/s1. The SMILES string of the molecule is CCOC(=O)C1=C(c2ccccc2)N=C2SCCCN2[C@H]1c1ccc(NC(=O)c2ccc([N+](=O)[O-])cc2Cl)cc1. The van der Waals surface area contributed by atoms with Crippen molar-refractivity contribution in [2.45, 2.75) is 19.4 Å². The number of anilines is 1. The van der Waals surface area contributed by atoms with Crippen molar-refractivity contribution >= 4 is 57.5 Å². The molecule has 0 saturated carbocycles. The van der Waals surface area contributed by atoms with Crippen LogP contribution in [0.25, 0.3) is 5.70 Å².